The van der Waals surface area contributed by atoms with Gasteiger partial charge in [-0.05, 0) is 30.7 Å². The third-order valence-electron chi connectivity index (χ3n) is 5.28. The van der Waals surface area contributed by atoms with Crippen molar-refractivity contribution in [3.05, 3.63) is 47.3 Å². The molecule has 1 amide bonds. The summed E-state index contributed by atoms with van der Waals surface area (Å²) in [6, 6.07) is 7.52. The van der Waals surface area contributed by atoms with E-state index in [1.807, 2.05) is 6.07 Å². The van der Waals surface area contributed by atoms with Crippen molar-refractivity contribution in [2.24, 2.45) is 0 Å². The van der Waals surface area contributed by atoms with E-state index in [0.29, 0.717) is 47.9 Å². The van der Waals surface area contributed by atoms with E-state index in [4.69, 9.17) is 18.9 Å². The van der Waals surface area contributed by atoms with Gasteiger partial charge < -0.3 is 29.6 Å². The van der Waals surface area contributed by atoms with Crippen LogP contribution in [0, 0.1) is 5.82 Å². The Bertz CT molecular complexity index is 905. The first-order valence-corrected chi connectivity index (χ1v) is 9.66. The SMILES string of the molecule is COc1ccc(F)c([C@@H]2NC(=O)CC[C@H]2NCc2ccc(OC)c(OC)c2OC)c1. The lowest BCUT2D eigenvalue weighted by Gasteiger charge is -2.34. The Kier molecular flexibility index (Phi) is 6.99. The number of benzene rings is 2. The smallest absolute Gasteiger partial charge is 0.220 e. The van der Waals surface area contributed by atoms with Crippen LogP contribution in [0.4, 0.5) is 4.39 Å². The van der Waals surface area contributed by atoms with E-state index in [0.717, 1.165) is 5.56 Å². The van der Waals surface area contributed by atoms with Crippen LogP contribution in [-0.4, -0.2) is 40.4 Å². The molecular weight excluding hydrogens is 391 g/mol. The van der Waals surface area contributed by atoms with E-state index in [9.17, 15) is 9.18 Å². The molecule has 0 saturated carbocycles. The second-order valence-electron chi connectivity index (χ2n) is 6.95. The van der Waals surface area contributed by atoms with E-state index in [1.54, 1.807) is 39.5 Å². The van der Waals surface area contributed by atoms with Gasteiger partial charge in [-0.25, -0.2) is 4.39 Å². The molecular formula is C22H27FN2O5. The van der Waals surface area contributed by atoms with Crippen molar-refractivity contribution in [1.29, 1.82) is 0 Å². The average molecular weight is 418 g/mol. The van der Waals surface area contributed by atoms with Gasteiger partial charge in [0.15, 0.2) is 11.5 Å². The molecule has 2 aromatic rings. The number of carbonyl (C=O) groups is 1. The van der Waals surface area contributed by atoms with Crippen molar-refractivity contribution in [3.8, 4) is 23.0 Å². The standard InChI is InChI=1S/C22H27FN2O5/c1-27-14-6-7-16(23)15(11-14)20-17(8-10-19(26)25-20)24-12-13-5-9-18(28-2)22(30-4)21(13)29-3/h5-7,9,11,17,20,24H,8,10,12H2,1-4H3,(H,25,26)/t17-,20+/m1/s1. The maximum atomic E-state index is 14.6. The molecule has 2 N–H and O–H groups in total. The second-order valence-corrected chi connectivity index (χ2v) is 6.95. The predicted molar refractivity (Wildman–Crippen MR) is 110 cm³/mol. The lowest BCUT2D eigenvalue weighted by Crippen LogP contribution is -2.48. The van der Waals surface area contributed by atoms with Crippen LogP contribution >= 0.6 is 0 Å². The number of piperidine rings is 1. The maximum Gasteiger partial charge on any atom is 0.220 e. The molecule has 0 unspecified atom stereocenters. The van der Waals surface area contributed by atoms with Crippen molar-refractivity contribution in [2.75, 3.05) is 28.4 Å². The van der Waals surface area contributed by atoms with Gasteiger partial charge in [0, 0.05) is 30.1 Å². The fourth-order valence-corrected chi connectivity index (χ4v) is 3.74. The van der Waals surface area contributed by atoms with Crippen LogP contribution in [0.25, 0.3) is 0 Å². The average Bonchev–Trinajstić information content (AvgIpc) is 2.77. The Hall–Kier alpha value is -3.00. The van der Waals surface area contributed by atoms with Crippen molar-refractivity contribution in [3.63, 3.8) is 0 Å². The molecule has 1 aliphatic rings. The molecule has 0 aliphatic carbocycles. The fraction of sp³-hybridized carbons (Fsp3) is 0.409. The summed E-state index contributed by atoms with van der Waals surface area (Å²) < 4.78 is 36.1. The van der Waals surface area contributed by atoms with Gasteiger partial charge in [0.1, 0.15) is 11.6 Å². The highest BCUT2D eigenvalue weighted by Gasteiger charge is 2.32. The highest BCUT2D eigenvalue weighted by Crippen LogP contribution is 2.40. The van der Waals surface area contributed by atoms with Gasteiger partial charge in [0.25, 0.3) is 0 Å². The van der Waals surface area contributed by atoms with Gasteiger partial charge in [-0.15, -0.1) is 0 Å². The summed E-state index contributed by atoms with van der Waals surface area (Å²) in [7, 11) is 6.20. The van der Waals surface area contributed by atoms with Crippen molar-refractivity contribution >= 4 is 5.91 Å². The lowest BCUT2D eigenvalue weighted by atomic mass is 9.91. The van der Waals surface area contributed by atoms with Gasteiger partial charge in [0.2, 0.25) is 11.7 Å². The number of methoxy groups -OCH3 is 4. The highest BCUT2D eigenvalue weighted by atomic mass is 19.1. The van der Waals surface area contributed by atoms with Crippen LogP contribution in [0.3, 0.4) is 0 Å². The fourth-order valence-electron chi connectivity index (χ4n) is 3.74. The topological polar surface area (TPSA) is 78.1 Å². The minimum absolute atomic E-state index is 0.107. The number of amides is 1. The van der Waals surface area contributed by atoms with E-state index >= 15 is 0 Å². The number of hydrogen-bond acceptors (Lipinski definition) is 6. The van der Waals surface area contributed by atoms with Gasteiger partial charge in [0.05, 0.1) is 34.5 Å². The minimum atomic E-state index is -0.521. The summed E-state index contributed by atoms with van der Waals surface area (Å²) >= 11 is 0. The first kappa shape index (κ1) is 21.7. The molecule has 0 radical (unpaired) electrons. The second kappa shape index (κ2) is 9.67. The molecule has 0 bridgehead atoms. The molecule has 0 aromatic heterocycles. The molecule has 3 rings (SSSR count). The van der Waals surface area contributed by atoms with Gasteiger partial charge in [-0.2, -0.15) is 0 Å². The third-order valence-corrected chi connectivity index (χ3v) is 5.28. The van der Waals surface area contributed by atoms with Crippen molar-refractivity contribution in [1.82, 2.24) is 10.6 Å². The summed E-state index contributed by atoms with van der Waals surface area (Å²) in [4.78, 5) is 12.0. The predicted octanol–water partition coefficient (Wildman–Crippen LogP) is 2.97. The number of ether oxygens (including phenoxy) is 4. The molecule has 1 saturated heterocycles. The van der Waals surface area contributed by atoms with Gasteiger partial charge >= 0.3 is 0 Å². The lowest BCUT2D eigenvalue weighted by molar-refractivity contribution is -0.123. The molecule has 8 heteroatoms. The quantitative estimate of drug-likeness (QED) is 0.686. The number of carbonyl (C=O) groups excluding carboxylic acids is 1. The van der Waals surface area contributed by atoms with E-state index in [2.05, 4.69) is 10.6 Å². The van der Waals surface area contributed by atoms with Gasteiger partial charge in [-0.1, -0.05) is 6.07 Å². The molecule has 1 aliphatic heterocycles. The Labute approximate surface area is 175 Å². The number of nitrogens with one attached hydrogen (secondary N) is 2. The molecule has 2 atom stereocenters. The Morgan fingerprint density at radius 1 is 1.03 bits per heavy atom. The van der Waals surface area contributed by atoms with Crippen LogP contribution in [-0.2, 0) is 11.3 Å². The summed E-state index contributed by atoms with van der Waals surface area (Å²) in [5, 5.41) is 6.34. The summed E-state index contributed by atoms with van der Waals surface area (Å²) in [5.74, 6) is 1.67. The summed E-state index contributed by atoms with van der Waals surface area (Å²) in [6.07, 6.45) is 0.936. The van der Waals surface area contributed by atoms with E-state index in [-0.39, 0.29) is 11.9 Å². The Balaban J connectivity index is 1.86. The zero-order valence-corrected chi connectivity index (χ0v) is 17.6. The molecule has 7 nitrogen and oxygen atoms in total. The zero-order chi connectivity index (χ0) is 21.7. The summed E-state index contributed by atoms with van der Waals surface area (Å²) in [6.45, 7) is 0.437. The van der Waals surface area contributed by atoms with Crippen LogP contribution in [0.15, 0.2) is 30.3 Å². The highest BCUT2D eigenvalue weighted by molar-refractivity contribution is 5.77. The monoisotopic (exact) mass is 418 g/mol. The molecule has 0 spiro atoms. The van der Waals surface area contributed by atoms with E-state index in [1.165, 1.54) is 13.2 Å². The molecule has 30 heavy (non-hydrogen) atoms. The first-order valence-electron chi connectivity index (χ1n) is 9.66. The number of hydrogen-bond donors (Lipinski definition) is 2. The van der Waals surface area contributed by atoms with Crippen molar-refractivity contribution < 1.29 is 28.1 Å². The number of halogens is 1. The van der Waals surface area contributed by atoms with Crippen LogP contribution < -0.4 is 29.6 Å². The normalized spacial score (nSPS) is 18.5. The van der Waals surface area contributed by atoms with Gasteiger partial charge in [-0.3, -0.25) is 4.79 Å². The summed E-state index contributed by atoms with van der Waals surface area (Å²) in [5.41, 5.74) is 1.25. The zero-order valence-electron chi connectivity index (χ0n) is 17.6. The number of rotatable bonds is 8. The molecule has 1 heterocycles. The molecule has 162 valence electrons. The van der Waals surface area contributed by atoms with Crippen LogP contribution in [0.2, 0.25) is 0 Å². The van der Waals surface area contributed by atoms with Crippen LogP contribution in [0.5, 0.6) is 23.0 Å². The molecule has 1 fully saturated rings. The van der Waals surface area contributed by atoms with E-state index < -0.39 is 11.9 Å². The van der Waals surface area contributed by atoms with Crippen molar-refractivity contribution in [2.45, 2.75) is 31.5 Å². The Morgan fingerprint density at radius 3 is 2.47 bits per heavy atom. The molecule has 2 aromatic carbocycles. The van der Waals surface area contributed by atoms with Crippen LogP contribution in [0.1, 0.15) is 30.0 Å². The maximum absolute atomic E-state index is 14.6. The third kappa shape index (κ3) is 4.43. The Morgan fingerprint density at radius 2 is 1.80 bits per heavy atom. The largest absolute Gasteiger partial charge is 0.497 e. The minimum Gasteiger partial charge on any atom is -0.497 e. The first-order chi connectivity index (χ1) is 14.5.